The minimum Gasteiger partial charge on any atom is -0.338 e. The largest absolute Gasteiger partial charge is 0.338 e. The third kappa shape index (κ3) is 1.61. The number of rotatable bonds is 1. The smallest absolute Gasteiger partial charge is 0.149 e. The molecule has 0 amide bonds. The molecule has 0 N–H and O–H groups in total. The molecule has 2 aromatic heterocycles. The van der Waals surface area contributed by atoms with Crippen LogP contribution in [0.3, 0.4) is 0 Å². The summed E-state index contributed by atoms with van der Waals surface area (Å²) in [7, 11) is 0. The van der Waals surface area contributed by atoms with Crippen LogP contribution in [0.15, 0.2) is 24.3 Å². The minimum absolute atomic E-state index is 0.171. The maximum atomic E-state index is 9.35. The van der Waals surface area contributed by atoms with Crippen molar-refractivity contribution in [3.05, 3.63) is 40.0 Å². The molecule has 5 heteroatoms. The Hall–Kier alpha value is -1.76. The van der Waals surface area contributed by atoms with Crippen LogP contribution in [0.5, 0.6) is 0 Å². The number of aromatic nitrogens is 2. The quantitative estimate of drug-likeness (QED) is 0.624. The van der Waals surface area contributed by atoms with Gasteiger partial charge in [0, 0.05) is 11.9 Å². The minimum atomic E-state index is 0.171. The zero-order valence-electron chi connectivity index (χ0n) is 10.1. The first-order valence-electron chi connectivity index (χ1n) is 5.85. The van der Waals surface area contributed by atoms with E-state index in [4.69, 9.17) is 23.2 Å². The van der Waals surface area contributed by atoms with Crippen molar-refractivity contribution in [3.63, 3.8) is 0 Å². The molecule has 0 unspecified atom stereocenters. The van der Waals surface area contributed by atoms with Gasteiger partial charge in [0.25, 0.3) is 0 Å². The lowest BCUT2D eigenvalue weighted by Crippen LogP contribution is -1.97. The van der Waals surface area contributed by atoms with Gasteiger partial charge in [-0.05, 0) is 13.0 Å². The van der Waals surface area contributed by atoms with Crippen molar-refractivity contribution in [3.8, 4) is 6.07 Å². The normalized spacial score (nSPS) is 11.1. The van der Waals surface area contributed by atoms with Crippen LogP contribution < -0.4 is 0 Å². The Balaban J connectivity index is 2.68. The van der Waals surface area contributed by atoms with E-state index in [0.717, 1.165) is 28.5 Å². The Morgan fingerprint density at radius 2 is 2.05 bits per heavy atom. The topological polar surface area (TPSA) is 41.6 Å². The molecular formula is C14H9Cl2N3. The van der Waals surface area contributed by atoms with Crippen molar-refractivity contribution < 1.29 is 0 Å². The SMILES string of the molecule is CCn1c2ccccc2c2nc(Cl)c(Cl)c(C#N)c21. The van der Waals surface area contributed by atoms with Crippen LogP contribution in [0.1, 0.15) is 12.5 Å². The van der Waals surface area contributed by atoms with E-state index in [1.165, 1.54) is 0 Å². The van der Waals surface area contributed by atoms with Crippen LogP contribution in [0.25, 0.3) is 21.9 Å². The predicted molar refractivity (Wildman–Crippen MR) is 77.6 cm³/mol. The first-order valence-corrected chi connectivity index (χ1v) is 6.60. The Bertz CT molecular complexity index is 843. The van der Waals surface area contributed by atoms with Crippen LogP contribution in [0.4, 0.5) is 0 Å². The number of hydrogen-bond acceptors (Lipinski definition) is 2. The first-order chi connectivity index (χ1) is 9.19. The van der Waals surface area contributed by atoms with Gasteiger partial charge < -0.3 is 4.57 Å². The molecule has 0 fully saturated rings. The number of nitriles is 1. The summed E-state index contributed by atoms with van der Waals surface area (Å²) >= 11 is 12.1. The lowest BCUT2D eigenvalue weighted by atomic mass is 10.2. The van der Waals surface area contributed by atoms with Crippen molar-refractivity contribution >= 4 is 45.1 Å². The van der Waals surface area contributed by atoms with Crippen LogP contribution in [-0.2, 0) is 6.54 Å². The fraction of sp³-hybridized carbons (Fsp3) is 0.143. The number of aryl methyl sites for hydroxylation is 1. The molecule has 0 aliphatic heterocycles. The van der Waals surface area contributed by atoms with Gasteiger partial charge in [0.15, 0.2) is 0 Å². The average Bonchev–Trinajstić information content (AvgIpc) is 2.74. The zero-order chi connectivity index (χ0) is 13.6. The highest BCUT2D eigenvalue weighted by Crippen LogP contribution is 2.35. The van der Waals surface area contributed by atoms with Gasteiger partial charge in [-0.1, -0.05) is 41.4 Å². The van der Waals surface area contributed by atoms with Crippen molar-refractivity contribution in [1.82, 2.24) is 9.55 Å². The molecule has 0 aliphatic rings. The monoisotopic (exact) mass is 289 g/mol. The van der Waals surface area contributed by atoms with Gasteiger partial charge in [-0.3, -0.25) is 0 Å². The Labute approximate surface area is 120 Å². The number of pyridine rings is 1. The maximum absolute atomic E-state index is 9.35. The Kier molecular flexibility index (Phi) is 2.85. The molecule has 94 valence electrons. The molecule has 2 heterocycles. The van der Waals surface area contributed by atoms with E-state index in [0.29, 0.717) is 5.56 Å². The van der Waals surface area contributed by atoms with Gasteiger partial charge in [0.1, 0.15) is 11.2 Å². The van der Waals surface area contributed by atoms with E-state index in [2.05, 4.69) is 11.1 Å². The van der Waals surface area contributed by atoms with Gasteiger partial charge in [-0.25, -0.2) is 4.98 Å². The lowest BCUT2D eigenvalue weighted by Gasteiger charge is -2.05. The van der Waals surface area contributed by atoms with Crippen molar-refractivity contribution in [2.45, 2.75) is 13.5 Å². The number of para-hydroxylation sites is 1. The fourth-order valence-corrected chi connectivity index (χ4v) is 2.79. The Morgan fingerprint density at radius 3 is 2.74 bits per heavy atom. The van der Waals surface area contributed by atoms with Crippen LogP contribution in [-0.4, -0.2) is 9.55 Å². The molecule has 19 heavy (non-hydrogen) atoms. The molecule has 0 saturated carbocycles. The summed E-state index contributed by atoms with van der Waals surface area (Å²) in [5.74, 6) is 0. The van der Waals surface area contributed by atoms with E-state index >= 15 is 0 Å². The summed E-state index contributed by atoms with van der Waals surface area (Å²) in [4.78, 5) is 4.34. The van der Waals surface area contributed by atoms with Crippen LogP contribution in [0.2, 0.25) is 10.2 Å². The average molecular weight is 290 g/mol. The molecular weight excluding hydrogens is 281 g/mol. The Morgan fingerprint density at radius 1 is 1.32 bits per heavy atom. The van der Waals surface area contributed by atoms with E-state index in [1.54, 1.807) is 0 Å². The first kappa shape index (κ1) is 12.3. The van der Waals surface area contributed by atoms with Gasteiger partial charge in [0.05, 0.1) is 27.1 Å². The summed E-state index contributed by atoms with van der Waals surface area (Å²) in [5.41, 5.74) is 2.89. The highest BCUT2D eigenvalue weighted by atomic mass is 35.5. The predicted octanol–water partition coefficient (Wildman–Crippen LogP) is 4.39. The van der Waals surface area contributed by atoms with Crippen LogP contribution in [0, 0.1) is 11.3 Å². The molecule has 3 nitrogen and oxygen atoms in total. The molecule has 1 aromatic carbocycles. The molecule has 3 aromatic rings. The highest BCUT2D eigenvalue weighted by molar-refractivity contribution is 6.43. The van der Waals surface area contributed by atoms with Gasteiger partial charge in [0.2, 0.25) is 0 Å². The number of nitrogens with zero attached hydrogens (tertiary/aromatic N) is 3. The number of hydrogen-bond donors (Lipinski definition) is 0. The molecule has 0 aliphatic carbocycles. The van der Waals surface area contributed by atoms with Gasteiger partial charge >= 0.3 is 0 Å². The fourth-order valence-electron chi connectivity index (χ4n) is 2.44. The lowest BCUT2D eigenvalue weighted by molar-refractivity contribution is 0.825. The summed E-state index contributed by atoms with van der Waals surface area (Å²) < 4.78 is 2.04. The van der Waals surface area contributed by atoms with Crippen molar-refractivity contribution in [2.75, 3.05) is 0 Å². The highest BCUT2D eigenvalue weighted by Gasteiger charge is 2.19. The zero-order valence-corrected chi connectivity index (χ0v) is 11.6. The van der Waals surface area contributed by atoms with Crippen LogP contribution >= 0.6 is 23.2 Å². The standard InChI is InChI=1S/C14H9Cl2N3/c1-2-19-10-6-4-3-5-8(10)12-13(19)9(7-17)11(15)14(16)18-12/h3-6H,2H2,1H3. The molecule has 0 saturated heterocycles. The number of benzene rings is 1. The molecule has 3 rings (SSSR count). The van der Waals surface area contributed by atoms with Gasteiger partial charge in [-0.15, -0.1) is 0 Å². The molecule has 0 atom stereocenters. The van der Waals surface area contributed by atoms with Crippen molar-refractivity contribution in [2.24, 2.45) is 0 Å². The molecule has 0 radical (unpaired) electrons. The van der Waals surface area contributed by atoms with Crippen molar-refractivity contribution in [1.29, 1.82) is 5.26 Å². The number of halogens is 2. The third-order valence-corrected chi connectivity index (χ3v) is 3.96. The van der Waals surface area contributed by atoms with E-state index < -0.39 is 0 Å². The van der Waals surface area contributed by atoms with Gasteiger partial charge in [-0.2, -0.15) is 5.26 Å². The second-order valence-corrected chi connectivity index (χ2v) is 4.90. The van der Waals surface area contributed by atoms with E-state index in [-0.39, 0.29) is 10.2 Å². The van der Waals surface area contributed by atoms with E-state index in [1.807, 2.05) is 35.8 Å². The number of fused-ring (bicyclic) bond motifs is 3. The third-order valence-electron chi connectivity index (χ3n) is 3.22. The maximum Gasteiger partial charge on any atom is 0.149 e. The summed E-state index contributed by atoms with van der Waals surface area (Å²) in [6, 6.07) is 10.0. The molecule has 0 spiro atoms. The second kappa shape index (κ2) is 4.41. The summed E-state index contributed by atoms with van der Waals surface area (Å²) in [5, 5.41) is 10.7. The van der Waals surface area contributed by atoms with E-state index in [9.17, 15) is 5.26 Å². The molecule has 0 bridgehead atoms. The summed E-state index contributed by atoms with van der Waals surface area (Å²) in [6.45, 7) is 2.76. The summed E-state index contributed by atoms with van der Waals surface area (Å²) in [6.07, 6.45) is 0. The second-order valence-electron chi connectivity index (χ2n) is 4.16.